The number of hydrogen-bond donors (Lipinski definition) is 1. The number of amides is 1. The molecule has 1 saturated carbocycles. The Morgan fingerprint density at radius 2 is 1.89 bits per heavy atom. The van der Waals surface area contributed by atoms with Crippen LogP contribution in [0.5, 0.6) is 0 Å². The molecule has 108 valence electrons. The van der Waals surface area contributed by atoms with Crippen molar-refractivity contribution in [2.24, 2.45) is 10.4 Å². The Labute approximate surface area is 116 Å². The summed E-state index contributed by atoms with van der Waals surface area (Å²) < 4.78 is 6.04. The molecular formula is C15H26N2O2. The molecule has 1 unspecified atom stereocenters. The fraction of sp³-hybridized carbons (Fsp3) is 0.867. The second-order valence-electron chi connectivity index (χ2n) is 6.48. The first-order valence-corrected chi connectivity index (χ1v) is 7.45. The average Bonchev–Trinajstić information content (AvgIpc) is 2.74. The normalized spacial score (nSPS) is 28.9. The Bertz CT molecular complexity index is 378. The van der Waals surface area contributed by atoms with Gasteiger partial charge in [-0.05, 0) is 44.4 Å². The van der Waals surface area contributed by atoms with Gasteiger partial charge >= 0.3 is 0 Å². The van der Waals surface area contributed by atoms with E-state index >= 15 is 0 Å². The Morgan fingerprint density at radius 1 is 1.26 bits per heavy atom. The highest BCUT2D eigenvalue weighted by molar-refractivity contribution is 6.09. The van der Waals surface area contributed by atoms with Crippen LogP contribution in [0.25, 0.3) is 0 Å². The van der Waals surface area contributed by atoms with E-state index in [0.29, 0.717) is 12.0 Å². The van der Waals surface area contributed by atoms with E-state index in [1.807, 2.05) is 13.8 Å². The smallest absolute Gasteiger partial charge is 0.250 e. The summed E-state index contributed by atoms with van der Waals surface area (Å²) in [6.45, 7) is 9.26. The maximum absolute atomic E-state index is 11.9. The summed E-state index contributed by atoms with van der Waals surface area (Å²) in [5.74, 6) is 0.808. The second kappa shape index (κ2) is 5.23. The Morgan fingerprint density at radius 3 is 2.37 bits per heavy atom. The molecule has 1 aliphatic heterocycles. The van der Waals surface area contributed by atoms with E-state index in [2.05, 4.69) is 24.2 Å². The summed E-state index contributed by atoms with van der Waals surface area (Å²) >= 11 is 0. The van der Waals surface area contributed by atoms with Crippen molar-refractivity contribution in [1.82, 2.24) is 5.32 Å². The first-order chi connectivity index (χ1) is 8.92. The van der Waals surface area contributed by atoms with Crippen LogP contribution in [0.2, 0.25) is 0 Å². The van der Waals surface area contributed by atoms with Gasteiger partial charge in [0.05, 0.1) is 0 Å². The van der Waals surface area contributed by atoms with Gasteiger partial charge in [0.2, 0.25) is 5.91 Å². The molecule has 4 heteroatoms. The van der Waals surface area contributed by atoms with Crippen molar-refractivity contribution in [3.63, 3.8) is 0 Å². The third kappa shape index (κ3) is 2.83. The lowest BCUT2D eigenvalue weighted by molar-refractivity contribution is -0.120. The molecule has 1 heterocycles. The van der Waals surface area contributed by atoms with E-state index < -0.39 is 0 Å². The molecule has 2 rings (SSSR count). The lowest BCUT2D eigenvalue weighted by Crippen LogP contribution is -2.51. The summed E-state index contributed by atoms with van der Waals surface area (Å²) in [6.07, 6.45) is 4.87. The molecule has 0 radical (unpaired) electrons. The van der Waals surface area contributed by atoms with Crippen LogP contribution in [0.3, 0.4) is 0 Å². The van der Waals surface area contributed by atoms with Gasteiger partial charge in [-0.15, -0.1) is 0 Å². The topological polar surface area (TPSA) is 50.7 Å². The van der Waals surface area contributed by atoms with E-state index in [-0.39, 0.29) is 17.6 Å². The SMILES string of the molecule is CCOC1(C2=NC(CC)C(=O)N2)CCC(C)(C)CC1. The number of nitrogens with one attached hydrogen (secondary N) is 1. The minimum Gasteiger partial charge on any atom is -0.367 e. The predicted molar refractivity (Wildman–Crippen MR) is 76.3 cm³/mol. The van der Waals surface area contributed by atoms with E-state index in [4.69, 9.17) is 4.74 Å². The van der Waals surface area contributed by atoms with Crippen LogP contribution in [0.4, 0.5) is 0 Å². The molecule has 2 aliphatic rings. The average molecular weight is 266 g/mol. The summed E-state index contributed by atoms with van der Waals surface area (Å²) in [5.41, 5.74) is 0.0117. The van der Waals surface area contributed by atoms with Crippen molar-refractivity contribution in [1.29, 1.82) is 0 Å². The number of carbonyl (C=O) groups excluding carboxylic acids is 1. The summed E-state index contributed by atoms with van der Waals surface area (Å²) in [6, 6.07) is -0.220. The van der Waals surface area contributed by atoms with Gasteiger partial charge in [-0.25, -0.2) is 0 Å². The molecular weight excluding hydrogens is 240 g/mol. The maximum Gasteiger partial charge on any atom is 0.250 e. The molecule has 1 amide bonds. The van der Waals surface area contributed by atoms with Crippen LogP contribution in [0, 0.1) is 5.41 Å². The van der Waals surface area contributed by atoms with Crippen LogP contribution in [0.15, 0.2) is 4.99 Å². The van der Waals surface area contributed by atoms with Gasteiger partial charge in [0.1, 0.15) is 17.5 Å². The zero-order valence-electron chi connectivity index (χ0n) is 12.6. The van der Waals surface area contributed by atoms with E-state index in [0.717, 1.165) is 37.9 Å². The van der Waals surface area contributed by atoms with Gasteiger partial charge in [-0.3, -0.25) is 9.79 Å². The van der Waals surface area contributed by atoms with E-state index in [1.54, 1.807) is 0 Å². The summed E-state index contributed by atoms with van der Waals surface area (Å²) in [4.78, 5) is 16.4. The molecule has 0 spiro atoms. The Hall–Kier alpha value is -0.900. The molecule has 0 aromatic carbocycles. The number of aliphatic imine (C=N–C) groups is 1. The predicted octanol–water partition coefficient (Wildman–Crippen LogP) is 2.67. The highest BCUT2D eigenvalue weighted by atomic mass is 16.5. The van der Waals surface area contributed by atoms with Crippen molar-refractivity contribution in [2.45, 2.75) is 71.4 Å². The van der Waals surface area contributed by atoms with E-state index in [9.17, 15) is 4.79 Å². The van der Waals surface area contributed by atoms with Crippen LogP contribution in [-0.4, -0.2) is 30.0 Å². The van der Waals surface area contributed by atoms with Crippen LogP contribution in [0.1, 0.15) is 59.8 Å². The monoisotopic (exact) mass is 266 g/mol. The van der Waals surface area contributed by atoms with Gasteiger partial charge in [0.25, 0.3) is 0 Å². The maximum atomic E-state index is 11.9. The molecule has 19 heavy (non-hydrogen) atoms. The molecule has 1 N–H and O–H groups in total. The van der Waals surface area contributed by atoms with Crippen molar-refractivity contribution in [2.75, 3.05) is 6.61 Å². The molecule has 1 aliphatic carbocycles. The Balaban J connectivity index is 2.19. The van der Waals surface area contributed by atoms with Crippen LogP contribution >= 0.6 is 0 Å². The first kappa shape index (κ1) is 14.5. The van der Waals surface area contributed by atoms with Crippen molar-refractivity contribution < 1.29 is 9.53 Å². The highest BCUT2D eigenvalue weighted by Crippen LogP contribution is 2.43. The number of hydrogen-bond acceptors (Lipinski definition) is 3. The third-order valence-corrected chi connectivity index (χ3v) is 4.48. The molecule has 4 nitrogen and oxygen atoms in total. The molecule has 0 aromatic rings. The molecule has 0 aromatic heterocycles. The largest absolute Gasteiger partial charge is 0.367 e. The van der Waals surface area contributed by atoms with Gasteiger partial charge in [0, 0.05) is 6.61 Å². The zero-order valence-corrected chi connectivity index (χ0v) is 12.6. The van der Waals surface area contributed by atoms with Crippen molar-refractivity contribution in [3.8, 4) is 0 Å². The minimum atomic E-state index is -0.357. The number of rotatable bonds is 4. The fourth-order valence-electron chi connectivity index (χ4n) is 3.01. The molecule has 0 saturated heterocycles. The Kier molecular flexibility index (Phi) is 4.00. The zero-order chi connectivity index (χ0) is 14.1. The van der Waals surface area contributed by atoms with Crippen LogP contribution in [-0.2, 0) is 9.53 Å². The number of amidine groups is 1. The van der Waals surface area contributed by atoms with Crippen molar-refractivity contribution >= 4 is 11.7 Å². The number of carbonyl (C=O) groups is 1. The molecule has 1 fully saturated rings. The molecule has 0 bridgehead atoms. The highest BCUT2D eigenvalue weighted by Gasteiger charge is 2.46. The van der Waals surface area contributed by atoms with E-state index in [1.165, 1.54) is 0 Å². The lowest BCUT2D eigenvalue weighted by Gasteiger charge is -2.43. The standard InChI is InChI=1S/C15H26N2O2/c1-5-11-12(18)17-13(16-11)15(19-6-2)9-7-14(3,4)8-10-15/h11H,5-10H2,1-4H3,(H,16,17,18). The van der Waals surface area contributed by atoms with Crippen LogP contribution < -0.4 is 5.32 Å². The van der Waals surface area contributed by atoms with Gasteiger partial charge < -0.3 is 10.1 Å². The quantitative estimate of drug-likeness (QED) is 0.850. The third-order valence-electron chi connectivity index (χ3n) is 4.48. The fourth-order valence-corrected chi connectivity index (χ4v) is 3.01. The molecule has 1 atom stereocenters. The second-order valence-corrected chi connectivity index (χ2v) is 6.48. The summed E-state index contributed by atoms with van der Waals surface area (Å²) in [5, 5.41) is 2.96. The number of ether oxygens (including phenoxy) is 1. The number of nitrogens with zero attached hydrogens (tertiary/aromatic N) is 1. The van der Waals surface area contributed by atoms with Gasteiger partial charge in [0.15, 0.2) is 0 Å². The lowest BCUT2D eigenvalue weighted by atomic mass is 9.70. The summed E-state index contributed by atoms with van der Waals surface area (Å²) in [7, 11) is 0. The minimum absolute atomic E-state index is 0.0291. The first-order valence-electron chi connectivity index (χ1n) is 7.45. The van der Waals surface area contributed by atoms with Gasteiger partial charge in [-0.1, -0.05) is 20.8 Å². The van der Waals surface area contributed by atoms with Gasteiger partial charge in [-0.2, -0.15) is 0 Å². The van der Waals surface area contributed by atoms with Crippen molar-refractivity contribution in [3.05, 3.63) is 0 Å².